The molecule has 96 valence electrons. The second kappa shape index (κ2) is 5.99. The zero-order valence-corrected chi connectivity index (χ0v) is 11.4. The maximum atomic E-state index is 12.4. The van der Waals surface area contributed by atoms with Crippen LogP contribution in [0.4, 0.5) is 0 Å². The lowest BCUT2D eigenvalue weighted by molar-refractivity contribution is 0.102. The summed E-state index contributed by atoms with van der Waals surface area (Å²) < 4.78 is 0. The fraction of sp³-hybridized carbons (Fsp3) is 0.471. The van der Waals surface area contributed by atoms with Gasteiger partial charge in [-0.1, -0.05) is 38.1 Å². The number of hydrogen-bond acceptors (Lipinski definition) is 1. The van der Waals surface area contributed by atoms with Crippen molar-refractivity contribution >= 4 is 5.78 Å². The van der Waals surface area contributed by atoms with Gasteiger partial charge in [-0.25, -0.2) is 0 Å². The van der Waals surface area contributed by atoms with Crippen molar-refractivity contribution in [3.63, 3.8) is 0 Å². The van der Waals surface area contributed by atoms with Crippen LogP contribution in [0.3, 0.4) is 0 Å². The van der Waals surface area contributed by atoms with Crippen LogP contribution in [0.5, 0.6) is 0 Å². The molecule has 1 aliphatic rings. The van der Waals surface area contributed by atoms with Crippen LogP contribution < -0.4 is 0 Å². The second-order valence-corrected chi connectivity index (χ2v) is 5.60. The summed E-state index contributed by atoms with van der Waals surface area (Å²) in [6.45, 7) is 4.41. The first-order valence-electron chi connectivity index (χ1n) is 6.99. The molecule has 2 rings (SSSR count). The molecule has 18 heavy (non-hydrogen) atoms. The molecule has 0 amide bonds. The van der Waals surface area contributed by atoms with Crippen LogP contribution in [0.2, 0.25) is 0 Å². The number of carbonyl (C=O) groups excluding carboxylic acids is 1. The van der Waals surface area contributed by atoms with E-state index in [9.17, 15) is 4.79 Å². The minimum Gasteiger partial charge on any atom is -0.289 e. The maximum absolute atomic E-state index is 12.4. The smallest absolute Gasteiger partial charge is 0.188 e. The van der Waals surface area contributed by atoms with Crippen LogP contribution in [0.15, 0.2) is 35.9 Å². The molecule has 0 N–H and O–H groups in total. The van der Waals surface area contributed by atoms with Gasteiger partial charge in [0.15, 0.2) is 5.78 Å². The molecule has 0 bridgehead atoms. The monoisotopic (exact) mass is 242 g/mol. The normalized spacial score (nSPS) is 15.6. The van der Waals surface area contributed by atoms with Crippen molar-refractivity contribution < 1.29 is 4.79 Å². The first kappa shape index (κ1) is 13.1. The van der Waals surface area contributed by atoms with Gasteiger partial charge in [-0.15, -0.1) is 0 Å². The molecule has 0 unspecified atom stereocenters. The third-order valence-electron chi connectivity index (χ3n) is 3.42. The summed E-state index contributed by atoms with van der Waals surface area (Å²) >= 11 is 0. The van der Waals surface area contributed by atoms with Crippen molar-refractivity contribution in [1.29, 1.82) is 0 Å². The van der Waals surface area contributed by atoms with E-state index >= 15 is 0 Å². The van der Waals surface area contributed by atoms with Crippen molar-refractivity contribution in [2.45, 2.75) is 46.0 Å². The summed E-state index contributed by atoms with van der Waals surface area (Å²) in [5.74, 6) is 0.865. The lowest BCUT2D eigenvalue weighted by Crippen LogP contribution is -2.07. The van der Waals surface area contributed by atoms with Crippen LogP contribution in [-0.4, -0.2) is 5.78 Å². The Morgan fingerprint density at radius 2 is 2.11 bits per heavy atom. The zero-order valence-electron chi connectivity index (χ0n) is 11.4. The van der Waals surface area contributed by atoms with Crippen LogP contribution in [0.1, 0.15) is 55.5 Å². The Morgan fingerprint density at radius 1 is 1.28 bits per heavy atom. The van der Waals surface area contributed by atoms with E-state index in [0.29, 0.717) is 5.92 Å². The molecule has 1 nitrogen and oxygen atoms in total. The number of benzene rings is 1. The summed E-state index contributed by atoms with van der Waals surface area (Å²) in [6.07, 6.45) is 7.56. The molecule has 0 saturated heterocycles. The molecule has 1 aliphatic carbocycles. The van der Waals surface area contributed by atoms with Gasteiger partial charge in [0.05, 0.1) is 0 Å². The van der Waals surface area contributed by atoms with Crippen LogP contribution in [0.25, 0.3) is 0 Å². The lowest BCUT2D eigenvalue weighted by atomic mass is 9.91. The quantitative estimate of drug-likeness (QED) is 0.707. The highest BCUT2D eigenvalue weighted by Crippen LogP contribution is 2.22. The van der Waals surface area contributed by atoms with E-state index in [2.05, 4.69) is 32.1 Å². The summed E-state index contributed by atoms with van der Waals surface area (Å²) in [7, 11) is 0. The molecule has 0 fully saturated rings. The molecule has 0 atom stereocenters. The molecule has 0 radical (unpaired) electrons. The number of hydrogen-bond donors (Lipinski definition) is 0. The van der Waals surface area contributed by atoms with Gasteiger partial charge in [-0.05, 0) is 55.2 Å². The summed E-state index contributed by atoms with van der Waals surface area (Å²) in [4.78, 5) is 12.4. The van der Waals surface area contributed by atoms with Crippen LogP contribution in [-0.2, 0) is 6.42 Å². The Labute approximate surface area is 110 Å². The average Bonchev–Trinajstić information content (AvgIpc) is 2.38. The third kappa shape index (κ3) is 3.32. The molecule has 1 aromatic carbocycles. The topological polar surface area (TPSA) is 17.1 Å². The van der Waals surface area contributed by atoms with Crippen molar-refractivity contribution in [3.05, 3.63) is 47.0 Å². The highest BCUT2D eigenvalue weighted by atomic mass is 16.1. The molecule has 1 heteroatoms. The fourth-order valence-electron chi connectivity index (χ4n) is 2.54. The van der Waals surface area contributed by atoms with Crippen LogP contribution in [0, 0.1) is 5.92 Å². The molecule has 0 spiro atoms. The molecular weight excluding hydrogens is 220 g/mol. The number of allylic oxidation sites excluding steroid dienone is 2. The van der Waals surface area contributed by atoms with E-state index in [-0.39, 0.29) is 5.78 Å². The first-order chi connectivity index (χ1) is 8.66. The summed E-state index contributed by atoms with van der Waals surface area (Å²) in [5, 5.41) is 0. The zero-order chi connectivity index (χ0) is 13.0. The molecular formula is C17H22O. The van der Waals surface area contributed by atoms with E-state index < -0.39 is 0 Å². The van der Waals surface area contributed by atoms with Gasteiger partial charge in [0.25, 0.3) is 0 Å². The Bertz CT molecular complexity index is 454. The highest BCUT2D eigenvalue weighted by molar-refractivity contribution is 6.08. The number of carbonyl (C=O) groups is 1. The Kier molecular flexibility index (Phi) is 4.35. The van der Waals surface area contributed by atoms with Crippen LogP contribution >= 0.6 is 0 Å². The van der Waals surface area contributed by atoms with Crippen molar-refractivity contribution in [1.82, 2.24) is 0 Å². The summed E-state index contributed by atoms with van der Waals surface area (Å²) in [6, 6.07) is 8.14. The molecule has 0 heterocycles. The van der Waals surface area contributed by atoms with E-state index in [1.165, 1.54) is 12.0 Å². The standard InChI is InChI=1S/C17H22O/c1-13(2)11-14-7-6-10-16(12-14)17(18)15-8-4-3-5-9-15/h6-8,10,12-13H,3-5,9,11H2,1-2H3. The van der Waals surface area contributed by atoms with Gasteiger partial charge in [-0.3, -0.25) is 4.79 Å². The van der Waals surface area contributed by atoms with E-state index in [1.54, 1.807) is 0 Å². The van der Waals surface area contributed by atoms with Gasteiger partial charge in [0.1, 0.15) is 0 Å². The van der Waals surface area contributed by atoms with Crippen molar-refractivity contribution in [2.24, 2.45) is 5.92 Å². The SMILES string of the molecule is CC(C)Cc1cccc(C(=O)C2=CCCCC2)c1. The largest absolute Gasteiger partial charge is 0.289 e. The third-order valence-corrected chi connectivity index (χ3v) is 3.42. The summed E-state index contributed by atoms with van der Waals surface area (Å²) in [5.41, 5.74) is 3.15. The maximum Gasteiger partial charge on any atom is 0.188 e. The lowest BCUT2D eigenvalue weighted by Gasteiger charge is -2.12. The Morgan fingerprint density at radius 3 is 2.78 bits per heavy atom. The molecule has 1 aromatic rings. The van der Waals surface area contributed by atoms with Gasteiger partial charge >= 0.3 is 0 Å². The Hall–Kier alpha value is -1.37. The van der Waals surface area contributed by atoms with Crippen molar-refractivity contribution in [2.75, 3.05) is 0 Å². The molecule has 0 saturated carbocycles. The van der Waals surface area contributed by atoms with Gasteiger partial charge in [0.2, 0.25) is 0 Å². The average molecular weight is 242 g/mol. The van der Waals surface area contributed by atoms with Crippen molar-refractivity contribution in [3.8, 4) is 0 Å². The first-order valence-corrected chi connectivity index (χ1v) is 6.99. The predicted molar refractivity (Wildman–Crippen MR) is 75.9 cm³/mol. The highest BCUT2D eigenvalue weighted by Gasteiger charge is 2.14. The Balaban J connectivity index is 2.17. The number of ketones is 1. The predicted octanol–water partition coefficient (Wildman–Crippen LogP) is 4.57. The van der Waals surface area contributed by atoms with E-state index in [4.69, 9.17) is 0 Å². The van der Waals surface area contributed by atoms with E-state index in [1.807, 2.05) is 12.1 Å². The number of Topliss-reactive ketones (excluding diaryl/α,β-unsaturated/α-hetero) is 1. The van der Waals surface area contributed by atoms with E-state index in [0.717, 1.165) is 36.8 Å². The molecule has 0 aromatic heterocycles. The molecule has 0 aliphatic heterocycles. The fourth-order valence-corrected chi connectivity index (χ4v) is 2.54. The second-order valence-electron chi connectivity index (χ2n) is 5.60. The van der Waals surface area contributed by atoms with Gasteiger partial charge in [0, 0.05) is 5.56 Å². The minimum atomic E-state index is 0.236. The van der Waals surface area contributed by atoms with Gasteiger partial charge < -0.3 is 0 Å². The van der Waals surface area contributed by atoms with Gasteiger partial charge in [-0.2, -0.15) is 0 Å². The number of rotatable bonds is 4. The minimum absolute atomic E-state index is 0.236.